The van der Waals surface area contributed by atoms with Crippen molar-refractivity contribution in [2.75, 3.05) is 19.6 Å². The molecule has 5 heteroatoms. The first kappa shape index (κ1) is 14.8. The van der Waals surface area contributed by atoms with Crippen LogP contribution in [0.4, 0.5) is 4.39 Å². The van der Waals surface area contributed by atoms with Crippen molar-refractivity contribution in [3.8, 4) is 12.1 Å². The molecule has 0 radical (unpaired) electrons. The Morgan fingerprint density at radius 3 is 2.26 bits per heavy atom. The van der Waals surface area contributed by atoms with E-state index in [1.165, 1.54) is 24.3 Å². The van der Waals surface area contributed by atoms with Gasteiger partial charge < -0.3 is 0 Å². The fourth-order valence-electron chi connectivity index (χ4n) is 1.66. The highest BCUT2D eigenvalue weighted by molar-refractivity contribution is 5.95. The molecule has 0 aliphatic carbocycles. The molecule has 0 atom stereocenters. The summed E-state index contributed by atoms with van der Waals surface area (Å²) in [6.07, 6.45) is 0.887. The molecular formula is C14H14FN3O. The zero-order valence-electron chi connectivity index (χ0n) is 10.5. The Balaban J connectivity index is 2.40. The van der Waals surface area contributed by atoms with E-state index in [0.717, 1.165) is 0 Å². The predicted octanol–water partition coefficient (Wildman–Crippen LogP) is 2.14. The van der Waals surface area contributed by atoms with Gasteiger partial charge in [-0.25, -0.2) is 4.39 Å². The van der Waals surface area contributed by atoms with Gasteiger partial charge in [0.1, 0.15) is 5.82 Å². The average molecular weight is 259 g/mol. The van der Waals surface area contributed by atoms with E-state index in [1.54, 1.807) is 4.90 Å². The lowest BCUT2D eigenvalue weighted by atomic mass is 10.1. The molecule has 19 heavy (non-hydrogen) atoms. The minimum atomic E-state index is -0.370. The van der Waals surface area contributed by atoms with Crippen LogP contribution in [0.25, 0.3) is 0 Å². The Kier molecular flexibility index (Phi) is 6.21. The molecule has 0 N–H and O–H groups in total. The Morgan fingerprint density at radius 2 is 1.74 bits per heavy atom. The van der Waals surface area contributed by atoms with Crippen LogP contribution in [0.5, 0.6) is 0 Å². The second-order valence-electron chi connectivity index (χ2n) is 4.06. The number of benzene rings is 1. The monoisotopic (exact) mass is 259 g/mol. The second-order valence-corrected chi connectivity index (χ2v) is 4.06. The molecule has 0 saturated carbocycles. The first-order valence-corrected chi connectivity index (χ1v) is 5.92. The van der Waals surface area contributed by atoms with E-state index in [-0.39, 0.29) is 24.7 Å². The summed E-state index contributed by atoms with van der Waals surface area (Å²) in [6, 6.07) is 9.38. The molecular weight excluding hydrogens is 245 g/mol. The Bertz CT molecular complexity index is 483. The molecule has 0 aliphatic heterocycles. The summed E-state index contributed by atoms with van der Waals surface area (Å²) in [6.45, 7) is 0.880. The topological polar surface area (TPSA) is 67.9 Å². The van der Waals surface area contributed by atoms with Crippen molar-refractivity contribution in [2.24, 2.45) is 0 Å². The zero-order valence-corrected chi connectivity index (χ0v) is 10.5. The summed E-state index contributed by atoms with van der Waals surface area (Å²) >= 11 is 0. The summed E-state index contributed by atoms with van der Waals surface area (Å²) in [5.74, 6) is -0.431. The van der Waals surface area contributed by atoms with Gasteiger partial charge in [0.2, 0.25) is 0 Å². The third-order valence-corrected chi connectivity index (χ3v) is 2.63. The normalized spacial score (nSPS) is 9.89. The van der Waals surface area contributed by atoms with Gasteiger partial charge in [0.25, 0.3) is 0 Å². The van der Waals surface area contributed by atoms with Gasteiger partial charge in [0, 0.05) is 18.5 Å². The molecule has 98 valence electrons. The Hall–Kier alpha value is -2.24. The van der Waals surface area contributed by atoms with Crippen LogP contribution in [0.2, 0.25) is 0 Å². The maximum atomic E-state index is 12.7. The van der Waals surface area contributed by atoms with Crippen molar-refractivity contribution in [3.05, 3.63) is 35.6 Å². The van der Waals surface area contributed by atoms with Crippen molar-refractivity contribution in [1.29, 1.82) is 10.5 Å². The van der Waals surface area contributed by atoms with Crippen LogP contribution in [0.3, 0.4) is 0 Å². The van der Waals surface area contributed by atoms with Crippen molar-refractivity contribution in [1.82, 2.24) is 4.90 Å². The molecule has 0 spiro atoms. The Labute approximate surface area is 111 Å². The number of Topliss-reactive ketones (excluding diaryl/α,β-unsaturated/α-hetero) is 1. The van der Waals surface area contributed by atoms with Gasteiger partial charge >= 0.3 is 0 Å². The van der Waals surface area contributed by atoms with Crippen molar-refractivity contribution in [3.63, 3.8) is 0 Å². The molecule has 4 nitrogen and oxygen atoms in total. The lowest BCUT2D eigenvalue weighted by molar-refractivity contribution is 0.0976. The van der Waals surface area contributed by atoms with Crippen molar-refractivity contribution >= 4 is 5.78 Å². The summed E-state index contributed by atoms with van der Waals surface area (Å²) in [5, 5.41) is 17.1. The number of nitriles is 2. The van der Waals surface area contributed by atoms with Crippen LogP contribution in [-0.2, 0) is 0 Å². The van der Waals surface area contributed by atoms with Crippen LogP contribution in [0.1, 0.15) is 23.2 Å². The molecule has 0 amide bonds. The number of hydrogen-bond acceptors (Lipinski definition) is 4. The molecule has 1 aromatic carbocycles. The van der Waals surface area contributed by atoms with E-state index in [4.69, 9.17) is 10.5 Å². The summed E-state index contributed by atoms with van der Waals surface area (Å²) in [4.78, 5) is 13.5. The van der Waals surface area contributed by atoms with Crippen molar-refractivity contribution in [2.45, 2.75) is 12.8 Å². The number of carbonyl (C=O) groups excluding carboxylic acids is 1. The molecule has 0 aromatic heterocycles. The minimum Gasteiger partial charge on any atom is -0.294 e. The van der Waals surface area contributed by atoms with Crippen LogP contribution in [0, 0.1) is 28.5 Å². The van der Waals surface area contributed by atoms with Gasteiger partial charge in [-0.1, -0.05) is 0 Å². The summed E-state index contributed by atoms with van der Waals surface area (Å²) < 4.78 is 12.7. The predicted molar refractivity (Wildman–Crippen MR) is 67.6 cm³/mol. The molecule has 0 saturated heterocycles. The van der Waals surface area contributed by atoms with E-state index in [0.29, 0.717) is 24.9 Å². The van der Waals surface area contributed by atoms with Crippen LogP contribution < -0.4 is 0 Å². The van der Waals surface area contributed by atoms with Gasteiger partial charge in [-0.3, -0.25) is 9.69 Å². The first-order valence-electron chi connectivity index (χ1n) is 5.92. The Morgan fingerprint density at radius 1 is 1.16 bits per heavy atom. The minimum absolute atomic E-state index is 0.0612. The van der Waals surface area contributed by atoms with Gasteiger partial charge in [-0.05, 0) is 30.7 Å². The number of hydrogen-bond donors (Lipinski definition) is 0. The molecule has 1 aromatic rings. The molecule has 0 fully saturated rings. The second kappa shape index (κ2) is 7.97. The third-order valence-electron chi connectivity index (χ3n) is 2.63. The number of carbonyl (C=O) groups is 1. The number of halogens is 1. The molecule has 0 heterocycles. The standard InChI is InChI=1S/C14H14FN3O/c15-13-5-3-12(4-6-13)14(19)2-1-9-18(10-7-16)11-8-17/h3-6H,1-2,9-11H2. The van der Waals surface area contributed by atoms with Crippen LogP contribution >= 0.6 is 0 Å². The lowest BCUT2D eigenvalue weighted by Crippen LogP contribution is -2.26. The van der Waals surface area contributed by atoms with E-state index >= 15 is 0 Å². The van der Waals surface area contributed by atoms with E-state index in [2.05, 4.69) is 0 Å². The quantitative estimate of drug-likeness (QED) is 0.555. The summed E-state index contributed by atoms with van der Waals surface area (Å²) in [5.41, 5.74) is 0.480. The van der Waals surface area contributed by atoms with Crippen LogP contribution in [0.15, 0.2) is 24.3 Å². The van der Waals surface area contributed by atoms with Gasteiger partial charge in [0.05, 0.1) is 25.2 Å². The number of nitrogens with zero attached hydrogens (tertiary/aromatic N) is 3. The molecule has 1 rings (SSSR count). The zero-order chi connectivity index (χ0) is 14.1. The van der Waals surface area contributed by atoms with E-state index in [9.17, 15) is 9.18 Å². The van der Waals surface area contributed by atoms with E-state index < -0.39 is 0 Å². The van der Waals surface area contributed by atoms with Crippen molar-refractivity contribution < 1.29 is 9.18 Å². The smallest absolute Gasteiger partial charge is 0.162 e. The maximum absolute atomic E-state index is 12.7. The molecule has 0 bridgehead atoms. The first-order chi connectivity index (χ1) is 9.17. The lowest BCUT2D eigenvalue weighted by Gasteiger charge is -2.14. The van der Waals surface area contributed by atoms with Gasteiger partial charge in [0.15, 0.2) is 5.78 Å². The van der Waals surface area contributed by atoms with Gasteiger partial charge in [-0.15, -0.1) is 0 Å². The molecule has 0 aliphatic rings. The SMILES string of the molecule is N#CCN(CC#N)CCCC(=O)c1ccc(F)cc1. The highest BCUT2D eigenvalue weighted by atomic mass is 19.1. The maximum Gasteiger partial charge on any atom is 0.162 e. The number of ketones is 1. The van der Waals surface area contributed by atoms with Gasteiger partial charge in [-0.2, -0.15) is 10.5 Å². The fraction of sp³-hybridized carbons (Fsp3) is 0.357. The fourth-order valence-corrected chi connectivity index (χ4v) is 1.66. The van der Waals surface area contributed by atoms with Crippen LogP contribution in [-0.4, -0.2) is 30.3 Å². The largest absolute Gasteiger partial charge is 0.294 e. The number of rotatable bonds is 7. The highest BCUT2D eigenvalue weighted by Gasteiger charge is 2.08. The summed E-state index contributed by atoms with van der Waals surface area (Å²) in [7, 11) is 0. The van der Waals surface area contributed by atoms with E-state index in [1.807, 2.05) is 12.1 Å². The third kappa shape index (κ3) is 5.29. The average Bonchev–Trinajstić information content (AvgIpc) is 2.40. The highest BCUT2D eigenvalue weighted by Crippen LogP contribution is 2.07. The molecule has 0 unspecified atom stereocenters.